The molecule has 3 rings (SSSR count). The Hall–Kier alpha value is -1.66. The summed E-state index contributed by atoms with van der Waals surface area (Å²) in [6.07, 6.45) is 1.27. The number of aryl methyl sites for hydroxylation is 1. The van der Waals surface area contributed by atoms with Crippen LogP contribution in [0, 0.1) is 12.7 Å². The van der Waals surface area contributed by atoms with Gasteiger partial charge in [0.15, 0.2) is 6.61 Å². The van der Waals surface area contributed by atoms with Gasteiger partial charge < -0.3 is 10.1 Å². The van der Waals surface area contributed by atoms with Crippen LogP contribution < -0.4 is 10.1 Å². The van der Waals surface area contributed by atoms with Crippen molar-refractivity contribution in [1.29, 1.82) is 0 Å². The molecule has 1 N–H and O–H groups in total. The molecule has 1 aliphatic heterocycles. The number of hydrogen-bond donors (Lipinski definition) is 1. The van der Waals surface area contributed by atoms with Gasteiger partial charge in [-0.15, -0.1) is 23.5 Å². The van der Waals surface area contributed by atoms with Crippen molar-refractivity contribution in [1.82, 2.24) is 0 Å². The molecule has 25 heavy (non-hydrogen) atoms. The summed E-state index contributed by atoms with van der Waals surface area (Å²) in [6, 6.07) is 12.2. The van der Waals surface area contributed by atoms with Crippen molar-refractivity contribution >= 4 is 35.1 Å². The van der Waals surface area contributed by atoms with Gasteiger partial charge >= 0.3 is 0 Å². The van der Waals surface area contributed by atoms with Crippen molar-refractivity contribution in [3.8, 4) is 5.75 Å². The third-order valence-electron chi connectivity index (χ3n) is 3.82. The second-order valence-electron chi connectivity index (χ2n) is 5.79. The number of anilines is 1. The normalized spacial score (nSPS) is 15.0. The molecule has 1 saturated heterocycles. The first-order valence-corrected chi connectivity index (χ1v) is 10.2. The van der Waals surface area contributed by atoms with Gasteiger partial charge in [-0.25, -0.2) is 4.39 Å². The van der Waals surface area contributed by atoms with Crippen molar-refractivity contribution in [2.24, 2.45) is 0 Å². The number of carbonyl (C=O) groups is 1. The van der Waals surface area contributed by atoms with Crippen LogP contribution in [0.5, 0.6) is 5.75 Å². The highest BCUT2D eigenvalue weighted by Crippen LogP contribution is 2.43. The quantitative estimate of drug-likeness (QED) is 0.794. The number of nitrogens with one attached hydrogen (secondary N) is 1. The lowest BCUT2D eigenvalue weighted by Gasteiger charge is -2.21. The summed E-state index contributed by atoms with van der Waals surface area (Å²) in [5.41, 5.74) is 2.55. The average Bonchev–Trinajstić information content (AvgIpc) is 2.64. The van der Waals surface area contributed by atoms with Crippen LogP contribution in [0.2, 0.25) is 0 Å². The Balaban J connectivity index is 1.52. The minimum atomic E-state index is -0.379. The molecule has 2 aromatic carbocycles. The Morgan fingerprint density at radius 3 is 2.64 bits per heavy atom. The van der Waals surface area contributed by atoms with Gasteiger partial charge in [-0.3, -0.25) is 4.79 Å². The van der Waals surface area contributed by atoms with E-state index in [2.05, 4.69) is 17.4 Å². The number of halogens is 1. The SMILES string of the molecule is Cc1ccc(F)cc1NC(=O)COc1ccc(C2SCCCS2)cc1. The second kappa shape index (κ2) is 8.63. The van der Waals surface area contributed by atoms with Gasteiger partial charge in [-0.05, 0) is 60.2 Å². The summed E-state index contributed by atoms with van der Waals surface area (Å²) in [6.45, 7) is 1.71. The van der Waals surface area contributed by atoms with E-state index in [1.54, 1.807) is 6.07 Å². The van der Waals surface area contributed by atoms with Gasteiger partial charge in [0, 0.05) is 5.69 Å². The fourth-order valence-electron chi connectivity index (χ4n) is 2.47. The lowest BCUT2D eigenvalue weighted by molar-refractivity contribution is -0.118. The van der Waals surface area contributed by atoms with Crippen LogP contribution in [-0.2, 0) is 4.79 Å². The number of carbonyl (C=O) groups excluding carboxylic acids is 1. The number of benzene rings is 2. The van der Waals surface area contributed by atoms with Gasteiger partial charge in [0.05, 0.1) is 4.58 Å². The van der Waals surface area contributed by atoms with Crippen molar-refractivity contribution < 1.29 is 13.9 Å². The van der Waals surface area contributed by atoms with E-state index in [0.717, 1.165) is 5.56 Å². The van der Waals surface area contributed by atoms with Crippen molar-refractivity contribution in [3.63, 3.8) is 0 Å². The summed E-state index contributed by atoms with van der Waals surface area (Å²) in [5.74, 6) is 2.37. The van der Waals surface area contributed by atoms with Crippen molar-refractivity contribution in [2.45, 2.75) is 17.9 Å². The molecule has 0 radical (unpaired) electrons. The zero-order valence-corrected chi connectivity index (χ0v) is 15.6. The molecule has 1 heterocycles. The fourth-order valence-corrected chi connectivity index (χ4v) is 5.36. The molecule has 0 spiro atoms. The molecule has 1 fully saturated rings. The topological polar surface area (TPSA) is 38.3 Å². The molecule has 2 aromatic rings. The maximum Gasteiger partial charge on any atom is 0.262 e. The summed E-state index contributed by atoms with van der Waals surface area (Å²) >= 11 is 3.94. The Labute approximate surface area is 155 Å². The zero-order chi connectivity index (χ0) is 17.6. The van der Waals surface area contributed by atoms with E-state index in [4.69, 9.17) is 4.74 Å². The van der Waals surface area contributed by atoms with E-state index in [9.17, 15) is 9.18 Å². The van der Waals surface area contributed by atoms with Crippen molar-refractivity contribution in [3.05, 3.63) is 59.4 Å². The minimum Gasteiger partial charge on any atom is -0.484 e. The number of amides is 1. The largest absolute Gasteiger partial charge is 0.484 e. The highest BCUT2D eigenvalue weighted by molar-refractivity contribution is 8.16. The molecule has 0 bridgehead atoms. The van der Waals surface area contributed by atoms with E-state index in [1.807, 2.05) is 42.6 Å². The number of thioether (sulfide) groups is 2. The Morgan fingerprint density at radius 2 is 1.92 bits per heavy atom. The molecule has 1 amide bonds. The molecule has 0 aromatic heterocycles. The fraction of sp³-hybridized carbons (Fsp3) is 0.316. The van der Waals surface area contributed by atoms with Crippen LogP contribution in [0.3, 0.4) is 0 Å². The van der Waals surface area contributed by atoms with Gasteiger partial charge in [0.1, 0.15) is 11.6 Å². The maximum atomic E-state index is 13.3. The van der Waals surface area contributed by atoms with E-state index in [-0.39, 0.29) is 18.3 Å². The first-order valence-electron chi connectivity index (χ1n) is 8.14. The monoisotopic (exact) mass is 377 g/mol. The predicted molar refractivity (Wildman–Crippen MR) is 104 cm³/mol. The van der Waals surface area contributed by atoms with Crippen LogP contribution in [0.15, 0.2) is 42.5 Å². The summed E-state index contributed by atoms with van der Waals surface area (Å²) in [7, 11) is 0. The van der Waals surface area contributed by atoms with Crippen LogP contribution in [0.25, 0.3) is 0 Å². The molecule has 3 nitrogen and oxygen atoms in total. The molecule has 1 aliphatic rings. The molecule has 0 unspecified atom stereocenters. The maximum absolute atomic E-state index is 13.3. The first kappa shape index (κ1) is 18.1. The molecule has 6 heteroatoms. The van der Waals surface area contributed by atoms with Crippen LogP contribution in [-0.4, -0.2) is 24.0 Å². The van der Waals surface area contributed by atoms with Crippen LogP contribution >= 0.6 is 23.5 Å². The standard InChI is InChI=1S/C19H20FNO2S2/c1-13-3-6-15(20)11-17(13)21-18(22)12-23-16-7-4-14(5-8-16)19-24-9-2-10-25-19/h3-8,11,19H,2,9-10,12H2,1H3,(H,21,22). The molecule has 0 atom stereocenters. The second-order valence-corrected chi connectivity index (χ2v) is 8.52. The molecule has 0 saturated carbocycles. The van der Waals surface area contributed by atoms with E-state index in [0.29, 0.717) is 16.0 Å². The van der Waals surface area contributed by atoms with E-state index < -0.39 is 0 Å². The summed E-state index contributed by atoms with van der Waals surface area (Å²) < 4.78 is 19.3. The predicted octanol–water partition coefficient (Wildman–Crippen LogP) is 5.02. The van der Waals surface area contributed by atoms with E-state index in [1.165, 1.54) is 35.6 Å². The lowest BCUT2D eigenvalue weighted by atomic mass is 10.2. The Bertz CT molecular complexity index is 731. The third-order valence-corrected chi connectivity index (χ3v) is 6.84. The van der Waals surface area contributed by atoms with Gasteiger partial charge in [-0.2, -0.15) is 0 Å². The van der Waals surface area contributed by atoms with Crippen LogP contribution in [0.1, 0.15) is 22.1 Å². The average molecular weight is 378 g/mol. The van der Waals surface area contributed by atoms with E-state index >= 15 is 0 Å². The minimum absolute atomic E-state index is 0.109. The summed E-state index contributed by atoms with van der Waals surface area (Å²) in [5, 5.41) is 2.67. The van der Waals surface area contributed by atoms with Crippen molar-refractivity contribution in [2.75, 3.05) is 23.4 Å². The summed E-state index contributed by atoms with van der Waals surface area (Å²) in [4.78, 5) is 12.0. The van der Waals surface area contributed by atoms with Gasteiger partial charge in [0.2, 0.25) is 0 Å². The Kier molecular flexibility index (Phi) is 6.26. The molecule has 0 aliphatic carbocycles. The molecular weight excluding hydrogens is 357 g/mol. The molecule has 132 valence electrons. The Morgan fingerprint density at radius 1 is 1.20 bits per heavy atom. The smallest absolute Gasteiger partial charge is 0.262 e. The number of ether oxygens (including phenoxy) is 1. The van der Waals surface area contributed by atoms with Gasteiger partial charge in [-0.1, -0.05) is 18.2 Å². The van der Waals surface area contributed by atoms with Gasteiger partial charge in [0.25, 0.3) is 5.91 Å². The highest BCUT2D eigenvalue weighted by Gasteiger charge is 2.16. The lowest BCUT2D eigenvalue weighted by Crippen LogP contribution is -2.20. The first-order chi connectivity index (χ1) is 12.1. The third kappa shape index (κ3) is 5.16. The van der Waals surface area contributed by atoms with Crippen LogP contribution in [0.4, 0.5) is 10.1 Å². The zero-order valence-electron chi connectivity index (χ0n) is 14.0. The molecular formula is C19H20FNO2S2. The highest BCUT2D eigenvalue weighted by atomic mass is 32.2. The number of rotatable bonds is 5. The number of hydrogen-bond acceptors (Lipinski definition) is 4.